The van der Waals surface area contributed by atoms with Crippen LogP contribution in [0, 0.1) is 6.92 Å². The van der Waals surface area contributed by atoms with Crippen LogP contribution in [-0.2, 0) is 7.05 Å². The first-order chi connectivity index (χ1) is 16.4. The molecule has 2 aromatic carbocycles. The van der Waals surface area contributed by atoms with Crippen molar-refractivity contribution in [2.75, 3.05) is 32.2 Å². The van der Waals surface area contributed by atoms with E-state index in [2.05, 4.69) is 59.3 Å². The van der Waals surface area contributed by atoms with Crippen molar-refractivity contribution >= 4 is 22.4 Å². The number of nitrogens with one attached hydrogen (secondary N) is 1. The maximum Gasteiger partial charge on any atom is 0.127 e. The van der Waals surface area contributed by atoms with Gasteiger partial charge >= 0.3 is 0 Å². The van der Waals surface area contributed by atoms with Gasteiger partial charge in [-0.25, -0.2) is 4.98 Å². The number of hydrogen-bond donors (Lipinski definition) is 1. The first-order valence-electron chi connectivity index (χ1n) is 11.4. The topological polar surface area (TPSA) is 77.3 Å². The maximum absolute atomic E-state index is 5.64. The van der Waals surface area contributed by atoms with E-state index in [1.165, 1.54) is 0 Å². The summed E-state index contributed by atoms with van der Waals surface area (Å²) in [6, 6.07) is 10.5. The van der Waals surface area contributed by atoms with Crippen molar-refractivity contribution in [1.29, 1.82) is 0 Å². The minimum atomic E-state index is 0.396. The maximum atomic E-state index is 5.64. The molecule has 2 aromatic heterocycles. The van der Waals surface area contributed by atoms with E-state index in [4.69, 9.17) is 14.5 Å². The van der Waals surface area contributed by atoms with Crippen molar-refractivity contribution in [3.05, 3.63) is 54.5 Å². The molecular weight excluding hydrogens is 428 g/mol. The zero-order valence-electron chi connectivity index (χ0n) is 20.7. The second-order valence-corrected chi connectivity index (χ2v) is 8.57. The lowest BCUT2D eigenvalue weighted by Gasteiger charge is -2.28. The number of nitrogens with zero attached hydrogens (tertiary/aromatic N) is 5. The fourth-order valence-electron chi connectivity index (χ4n) is 3.97. The highest BCUT2D eigenvalue weighted by Gasteiger charge is 2.18. The molecule has 4 rings (SSSR count). The number of rotatable bonds is 9. The van der Waals surface area contributed by atoms with E-state index in [0.29, 0.717) is 6.04 Å². The van der Waals surface area contributed by atoms with Crippen LogP contribution in [0.25, 0.3) is 22.3 Å². The van der Waals surface area contributed by atoms with Gasteiger partial charge in [-0.3, -0.25) is 9.67 Å². The zero-order valence-corrected chi connectivity index (χ0v) is 20.7. The third-order valence-electron chi connectivity index (χ3n) is 5.78. The number of aromatic nitrogens is 4. The number of aryl methyl sites for hydroxylation is 1. The van der Waals surface area contributed by atoms with Gasteiger partial charge < -0.3 is 19.7 Å². The number of ether oxygens (including phenoxy) is 2. The Labute approximate surface area is 200 Å². The number of hydrogen-bond acceptors (Lipinski definition) is 7. The summed E-state index contributed by atoms with van der Waals surface area (Å²) in [7, 11) is 5.25. The van der Waals surface area contributed by atoms with Gasteiger partial charge in [0.1, 0.15) is 11.5 Å². The second-order valence-electron chi connectivity index (χ2n) is 8.57. The van der Waals surface area contributed by atoms with Gasteiger partial charge in [0, 0.05) is 61.3 Å². The summed E-state index contributed by atoms with van der Waals surface area (Å²) in [6.45, 7) is 7.94. The van der Waals surface area contributed by atoms with Crippen LogP contribution in [0.3, 0.4) is 0 Å². The standard InChI is InChI=1S/C26H32N6O2/c1-17(2)27-9-10-32(25-12-21(33-5)13-26(34-6)18(25)3)20-7-8-22-23(11-20)30-24(15-28-22)19-14-29-31(4)16-19/h7-8,11-17,27H,9-10H2,1-6H3. The Bertz CT molecular complexity index is 1280. The molecule has 0 aliphatic carbocycles. The van der Waals surface area contributed by atoms with Crippen molar-refractivity contribution in [1.82, 2.24) is 25.1 Å². The lowest BCUT2D eigenvalue weighted by atomic mass is 10.1. The molecule has 34 heavy (non-hydrogen) atoms. The first kappa shape index (κ1) is 23.5. The van der Waals surface area contributed by atoms with Crippen LogP contribution in [0.5, 0.6) is 11.5 Å². The summed E-state index contributed by atoms with van der Waals surface area (Å²) >= 11 is 0. The Hall–Kier alpha value is -3.65. The van der Waals surface area contributed by atoms with Crippen molar-refractivity contribution in [3.63, 3.8) is 0 Å². The molecule has 0 aliphatic heterocycles. The zero-order chi connectivity index (χ0) is 24.2. The summed E-state index contributed by atoms with van der Waals surface area (Å²) in [4.78, 5) is 11.8. The fourth-order valence-corrected chi connectivity index (χ4v) is 3.97. The molecule has 0 unspecified atom stereocenters. The van der Waals surface area contributed by atoms with E-state index in [9.17, 15) is 0 Å². The van der Waals surface area contributed by atoms with Crippen molar-refractivity contribution in [2.45, 2.75) is 26.8 Å². The van der Waals surface area contributed by atoms with Gasteiger partial charge in [0.05, 0.1) is 49.0 Å². The lowest BCUT2D eigenvalue weighted by Crippen LogP contribution is -2.33. The van der Waals surface area contributed by atoms with E-state index in [-0.39, 0.29) is 0 Å². The molecule has 178 valence electrons. The van der Waals surface area contributed by atoms with Gasteiger partial charge in [-0.05, 0) is 25.1 Å². The molecule has 0 bridgehead atoms. The molecule has 0 amide bonds. The van der Waals surface area contributed by atoms with E-state index in [1.54, 1.807) is 31.3 Å². The first-order valence-corrected chi connectivity index (χ1v) is 11.4. The highest BCUT2D eigenvalue weighted by Crippen LogP contribution is 2.38. The number of benzene rings is 2. The molecule has 0 fully saturated rings. The highest BCUT2D eigenvalue weighted by atomic mass is 16.5. The highest BCUT2D eigenvalue weighted by molar-refractivity contribution is 5.83. The molecule has 4 aromatic rings. The molecule has 1 N–H and O–H groups in total. The van der Waals surface area contributed by atoms with Crippen LogP contribution < -0.4 is 19.7 Å². The molecule has 0 atom stereocenters. The Morgan fingerprint density at radius 2 is 1.88 bits per heavy atom. The molecule has 0 saturated carbocycles. The third kappa shape index (κ3) is 4.97. The minimum Gasteiger partial charge on any atom is -0.497 e. The molecule has 0 radical (unpaired) electrons. The van der Waals surface area contributed by atoms with Crippen LogP contribution in [-0.4, -0.2) is 53.1 Å². The molecule has 0 aliphatic rings. The van der Waals surface area contributed by atoms with Gasteiger partial charge in [-0.15, -0.1) is 0 Å². The van der Waals surface area contributed by atoms with Crippen LogP contribution in [0.15, 0.2) is 48.9 Å². The van der Waals surface area contributed by atoms with Gasteiger partial charge in [-0.1, -0.05) is 13.8 Å². The van der Waals surface area contributed by atoms with Crippen molar-refractivity contribution in [3.8, 4) is 22.8 Å². The Balaban J connectivity index is 1.80. The lowest BCUT2D eigenvalue weighted by molar-refractivity contribution is 0.392. The average Bonchev–Trinajstić information content (AvgIpc) is 3.27. The van der Waals surface area contributed by atoms with Gasteiger partial charge in [0.2, 0.25) is 0 Å². The van der Waals surface area contributed by atoms with E-state index < -0.39 is 0 Å². The Morgan fingerprint density at radius 1 is 1.06 bits per heavy atom. The van der Waals surface area contributed by atoms with E-state index >= 15 is 0 Å². The monoisotopic (exact) mass is 460 g/mol. The van der Waals surface area contributed by atoms with Crippen LogP contribution in [0.1, 0.15) is 19.4 Å². The SMILES string of the molecule is COc1cc(OC)c(C)c(N(CCNC(C)C)c2ccc3ncc(-c4cnn(C)c4)nc3c2)c1. The van der Waals surface area contributed by atoms with Crippen molar-refractivity contribution in [2.24, 2.45) is 7.05 Å². The molecule has 2 heterocycles. The normalized spacial score (nSPS) is 11.3. The summed E-state index contributed by atoms with van der Waals surface area (Å²) in [5.74, 6) is 1.54. The molecular formula is C26H32N6O2. The molecule has 0 spiro atoms. The third-order valence-corrected chi connectivity index (χ3v) is 5.78. The van der Waals surface area contributed by atoms with E-state index in [1.807, 2.05) is 25.4 Å². The Kier molecular flexibility index (Phi) is 6.98. The van der Waals surface area contributed by atoms with Crippen LogP contribution in [0.4, 0.5) is 11.4 Å². The second kappa shape index (κ2) is 10.1. The molecule has 8 heteroatoms. The predicted octanol–water partition coefficient (Wildman–Crippen LogP) is 4.49. The van der Waals surface area contributed by atoms with Crippen LogP contribution in [0.2, 0.25) is 0 Å². The number of anilines is 2. The predicted molar refractivity (Wildman–Crippen MR) is 136 cm³/mol. The van der Waals surface area contributed by atoms with Crippen LogP contribution >= 0.6 is 0 Å². The summed E-state index contributed by atoms with van der Waals surface area (Å²) in [6.07, 6.45) is 5.53. The quantitative estimate of drug-likeness (QED) is 0.394. The largest absolute Gasteiger partial charge is 0.497 e. The number of fused-ring (bicyclic) bond motifs is 1. The van der Waals surface area contributed by atoms with Gasteiger partial charge in [-0.2, -0.15) is 5.10 Å². The van der Waals surface area contributed by atoms with E-state index in [0.717, 1.165) is 63.8 Å². The smallest absolute Gasteiger partial charge is 0.127 e. The van der Waals surface area contributed by atoms with Crippen molar-refractivity contribution < 1.29 is 9.47 Å². The summed E-state index contributed by atoms with van der Waals surface area (Å²) < 4.78 is 13.0. The molecule has 0 saturated heterocycles. The fraction of sp³-hybridized carbons (Fsp3) is 0.346. The molecule has 8 nitrogen and oxygen atoms in total. The Morgan fingerprint density at radius 3 is 2.56 bits per heavy atom. The minimum absolute atomic E-state index is 0.396. The average molecular weight is 461 g/mol. The van der Waals surface area contributed by atoms with Gasteiger partial charge in [0.15, 0.2) is 0 Å². The summed E-state index contributed by atoms with van der Waals surface area (Å²) in [5.41, 5.74) is 6.50. The summed E-state index contributed by atoms with van der Waals surface area (Å²) in [5, 5.41) is 7.78. The number of methoxy groups -OCH3 is 2. The van der Waals surface area contributed by atoms with Gasteiger partial charge in [0.25, 0.3) is 0 Å².